The Balaban J connectivity index is 1.04. The molecule has 0 aliphatic carbocycles. The molecule has 0 saturated heterocycles. The van der Waals surface area contributed by atoms with Crippen molar-refractivity contribution >= 4 is 98.8 Å². The fraction of sp³-hybridized carbons (Fsp3) is 0.0286. The molecule has 0 aliphatic rings. The lowest BCUT2D eigenvalue weighted by Gasteiger charge is -2.26. The number of anilines is 3. The van der Waals surface area contributed by atoms with E-state index in [0.717, 1.165) is 82.5 Å². The number of thiophene rings is 2. The second kappa shape index (κ2) is 25.6. The molecule has 7 nitrogen and oxygen atoms in total. The van der Waals surface area contributed by atoms with Gasteiger partial charge in [0.1, 0.15) is 23.3 Å². The Morgan fingerprint density at radius 2 is 0.772 bits per heavy atom. The number of nitrogens with zero attached hydrogens (tertiary/aromatic N) is 3. The van der Waals surface area contributed by atoms with Gasteiger partial charge in [-0.2, -0.15) is 10.5 Å². The van der Waals surface area contributed by atoms with Crippen LogP contribution in [0.5, 0.6) is 0 Å². The molecule has 2 N–H and O–H groups in total. The zero-order valence-corrected chi connectivity index (χ0v) is 44.8. The van der Waals surface area contributed by atoms with E-state index in [1.807, 2.05) is 97.1 Å². The number of hydrogen-bond acceptors (Lipinski definition) is 7. The van der Waals surface area contributed by atoms with Crippen LogP contribution < -0.4 is 4.90 Å². The van der Waals surface area contributed by atoms with Crippen molar-refractivity contribution in [1.29, 1.82) is 10.5 Å². The van der Waals surface area contributed by atoms with Crippen LogP contribution in [0.4, 0.5) is 17.1 Å². The molecule has 9 rings (SSSR count). The molecule has 79 heavy (non-hydrogen) atoms. The summed E-state index contributed by atoms with van der Waals surface area (Å²) in [4.78, 5) is 28.6. The molecule has 9 aromatic rings. The molecule has 0 bridgehead atoms. The van der Waals surface area contributed by atoms with Gasteiger partial charge < -0.3 is 15.1 Å². The molecule has 2 aromatic heterocycles. The molecule has 2 heterocycles. The predicted octanol–water partition coefficient (Wildman–Crippen LogP) is 17.8. The van der Waals surface area contributed by atoms with Gasteiger partial charge >= 0.3 is 11.9 Å². The smallest absolute Gasteiger partial charge is 0.346 e. The average Bonchev–Trinajstić information content (AvgIpc) is 4.19. The standard InChI is InChI=1S/C70H51N3O4S2/c1-48-19-29-55(30-20-48)66(56-31-21-49(2)22-32-56)43-52-27-37-61(38-28-52)73(59-33-23-50(24-34-59)11-9-17-64(53-13-5-3-6-14-53)67-41-39-62(78-67)44-57(46-71)69(74)75)60-35-25-51(26-36-60)12-10-18-65(54-15-7-4-8-16-54)68-42-40-63(79-68)45-58(47-72)70(76)77/h3-45H,1-2H3,(H,74,75)(H,76,77)/b11-9+,12-10+,57-44+,58-45+,64-17-,65-18+. The molecule has 0 aliphatic heterocycles. The lowest BCUT2D eigenvalue weighted by molar-refractivity contribution is -0.133. The fourth-order valence-corrected chi connectivity index (χ4v) is 10.7. The van der Waals surface area contributed by atoms with Gasteiger partial charge in [-0.1, -0.05) is 193 Å². The van der Waals surface area contributed by atoms with Crippen molar-refractivity contribution in [2.24, 2.45) is 0 Å². The fourth-order valence-electron chi connectivity index (χ4n) is 8.71. The Morgan fingerprint density at radius 1 is 0.418 bits per heavy atom. The predicted molar refractivity (Wildman–Crippen MR) is 327 cm³/mol. The molecule has 0 saturated carbocycles. The zero-order valence-electron chi connectivity index (χ0n) is 43.2. The molecule has 0 atom stereocenters. The van der Waals surface area contributed by atoms with Crippen LogP contribution in [0, 0.1) is 36.5 Å². The summed E-state index contributed by atoms with van der Waals surface area (Å²) in [5.74, 6) is -2.52. The van der Waals surface area contributed by atoms with E-state index in [1.165, 1.54) is 46.0 Å². The van der Waals surface area contributed by atoms with Crippen LogP contribution >= 0.6 is 22.7 Å². The van der Waals surface area contributed by atoms with Crippen molar-refractivity contribution < 1.29 is 19.8 Å². The van der Waals surface area contributed by atoms with Crippen LogP contribution in [0.3, 0.4) is 0 Å². The van der Waals surface area contributed by atoms with Crippen molar-refractivity contribution in [3.63, 3.8) is 0 Å². The van der Waals surface area contributed by atoms with E-state index in [0.29, 0.717) is 9.75 Å². The Kier molecular flexibility index (Phi) is 17.4. The van der Waals surface area contributed by atoms with Gasteiger partial charge in [-0.05, 0) is 148 Å². The van der Waals surface area contributed by atoms with Crippen LogP contribution in [-0.2, 0) is 9.59 Å². The molecule has 0 radical (unpaired) electrons. The van der Waals surface area contributed by atoms with Crippen LogP contribution in [0.15, 0.2) is 242 Å². The summed E-state index contributed by atoms with van der Waals surface area (Å²) in [5.41, 5.74) is 15.1. The third-order valence-electron chi connectivity index (χ3n) is 12.8. The van der Waals surface area contributed by atoms with Gasteiger partial charge in [-0.15, -0.1) is 22.7 Å². The first-order valence-electron chi connectivity index (χ1n) is 25.3. The first-order valence-corrected chi connectivity index (χ1v) is 26.9. The summed E-state index contributed by atoms with van der Waals surface area (Å²) < 4.78 is 0. The largest absolute Gasteiger partial charge is 0.477 e. The molecular weight excluding hydrogens is 1010 g/mol. The lowest BCUT2D eigenvalue weighted by Crippen LogP contribution is -2.09. The first kappa shape index (κ1) is 53.7. The molecule has 382 valence electrons. The highest BCUT2D eigenvalue weighted by Gasteiger charge is 2.16. The third kappa shape index (κ3) is 13.8. The van der Waals surface area contributed by atoms with Crippen LogP contribution in [-0.4, -0.2) is 22.2 Å². The van der Waals surface area contributed by atoms with Crippen LogP contribution in [0.2, 0.25) is 0 Å². The summed E-state index contributed by atoms with van der Waals surface area (Å²) in [5, 5.41) is 37.6. The van der Waals surface area contributed by atoms with E-state index in [-0.39, 0.29) is 11.1 Å². The second-order valence-corrected chi connectivity index (χ2v) is 20.6. The zero-order chi connectivity index (χ0) is 55.1. The number of carboxylic acids is 2. The Labute approximate surface area is 468 Å². The summed E-state index contributed by atoms with van der Waals surface area (Å²) in [6.45, 7) is 4.20. The summed E-state index contributed by atoms with van der Waals surface area (Å²) >= 11 is 2.85. The number of rotatable bonds is 18. The molecule has 7 aromatic carbocycles. The van der Waals surface area contributed by atoms with E-state index in [2.05, 4.69) is 170 Å². The minimum absolute atomic E-state index is 0.317. The SMILES string of the molecule is Cc1ccc(C(=Cc2ccc(N(c3ccc(/C=C/C=C(/c4ccccc4)c4ccc(/C=C(\C#N)C(=O)O)s4)cc3)c3ccc(/C=C/C=C(\c4ccccc4)c4ccc(/C=C(\C#N)C(=O)O)s4)cc3)cc2)c2ccc(C)cc2)cc1. The van der Waals surface area contributed by atoms with Crippen molar-refractivity contribution in [2.45, 2.75) is 13.8 Å². The highest BCUT2D eigenvalue weighted by atomic mass is 32.1. The number of aliphatic carboxylic acids is 2. The summed E-state index contributed by atoms with van der Waals surface area (Å²) in [6, 6.07) is 73.9. The van der Waals surface area contributed by atoms with E-state index in [4.69, 9.17) is 0 Å². The molecule has 0 amide bonds. The van der Waals surface area contributed by atoms with Gasteiger partial charge in [0.2, 0.25) is 0 Å². The Bertz CT molecular complexity index is 3700. The summed E-state index contributed by atoms with van der Waals surface area (Å²) in [6.07, 6.45) is 17.3. The van der Waals surface area contributed by atoms with E-state index >= 15 is 0 Å². The van der Waals surface area contributed by atoms with Gasteiger partial charge in [0.15, 0.2) is 0 Å². The minimum Gasteiger partial charge on any atom is -0.477 e. The van der Waals surface area contributed by atoms with Crippen LogP contribution in [0.1, 0.15) is 69.6 Å². The van der Waals surface area contributed by atoms with Gasteiger partial charge in [0.25, 0.3) is 0 Å². The monoisotopic (exact) mass is 1060 g/mol. The number of nitriles is 2. The van der Waals surface area contributed by atoms with Crippen molar-refractivity contribution in [2.75, 3.05) is 4.90 Å². The van der Waals surface area contributed by atoms with Crippen LogP contribution in [0.25, 0.3) is 47.1 Å². The van der Waals surface area contributed by atoms with Gasteiger partial charge in [0.05, 0.1) is 0 Å². The number of allylic oxidation sites excluding steroid dienone is 4. The van der Waals surface area contributed by atoms with Gasteiger partial charge in [0, 0.05) is 36.6 Å². The first-order chi connectivity index (χ1) is 38.5. The van der Waals surface area contributed by atoms with E-state index < -0.39 is 11.9 Å². The molecule has 0 unspecified atom stereocenters. The van der Waals surface area contributed by atoms with Crippen molar-refractivity contribution in [3.05, 3.63) is 311 Å². The summed E-state index contributed by atoms with van der Waals surface area (Å²) in [7, 11) is 0. The highest BCUT2D eigenvalue weighted by Crippen LogP contribution is 2.37. The van der Waals surface area contributed by atoms with Crippen molar-refractivity contribution in [1.82, 2.24) is 0 Å². The second-order valence-electron chi connectivity index (χ2n) is 18.4. The van der Waals surface area contributed by atoms with E-state index in [1.54, 1.807) is 12.1 Å². The highest BCUT2D eigenvalue weighted by molar-refractivity contribution is 7.14. The number of hydrogen-bond donors (Lipinski definition) is 2. The normalized spacial score (nSPS) is 12.1. The maximum atomic E-state index is 11.6. The Morgan fingerprint density at radius 3 is 1.13 bits per heavy atom. The number of carboxylic acid groups (broad SMARTS) is 2. The lowest BCUT2D eigenvalue weighted by atomic mass is 9.94. The number of aryl methyl sites for hydroxylation is 2. The van der Waals surface area contributed by atoms with Gasteiger partial charge in [-0.3, -0.25) is 0 Å². The topological polar surface area (TPSA) is 125 Å². The Hall–Kier alpha value is -10.2. The van der Waals surface area contributed by atoms with Crippen molar-refractivity contribution in [3.8, 4) is 12.1 Å². The number of carbonyl (C=O) groups is 2. The minimum atomic E-state index is -1.26. The molecule has 0 spiro atoms. The maximum absolute atomic E-state index is 11.6. The average molecular weight is 1060 g/mol. The van der Waals surface area contributed by atoms with E-state index in [9.17, 15) is 30.3 Å². The number of benzene rings is 7. The molecule has 0 fully saturated rings. The quantitative estimate of drug-likeness (QED) is 0.0379. The molecular formula is C70H51N3O4S2. The molecule has 9 heteroatoms. The third-order valence-corrected chi connectivity index (χ3v) is 15.0. The maximum Gasteiger partial charge on any atom is 0.346 e. The van der Waals surface area contributed by atoms with Gasteiger partial charge in [-0.25, -0.2) is 9.59 Å².